The maximum atomic E-state index is 12.2. The first-order valence-electron chi connectivity index (χ1n) is 6.14. The molecule has 98 valence electrons. The molecule has 0 aliphatic rings. The molecule has 2 rings (SSSR count). The predicted octanol–water partition coefficient (Wildman–Crippen LogP) is 3.21. The van der Waals surface area contributed by atoms with Crippen LogP contribution in [0, 0.1) is 0 Å². The zero-order valence-electron chi connectivity index (χ0n) is 11.0. The Balaban J connectivity index is 2.29. The summed E-state index contributed by atoms with van der Waals surface area (Å²) in [6.45, 7) is 3.98. The smallest absolute Gasteiger partial charge is 0.256 e. The molecule has 0 amide bonds. The van der Waals surface area contributed by atoms with Gasteiger partial charge in [-0.2, -0.15) is 0 Å². The molecule has 0 spiro atoms. The second kappa shape index (κ2) is 6.29. The lowest BCUT2D eigenvalue weighted by atomic mass is 10.3. The van der Waals surface area contributed by atoms with E-state index in [4.69, 9.17) is 0 Å². The van der Waals surface area contributed by atoms with Crippen molar-refractivity contribution in [1.29, 1.82) is 0 Å². The second-order valence-electron chi connectivity index (χ2n) is 4.34. The first-order chi connectivity index (χ1) is 9.16. The quantitative estimate of drug-likeness (QED) is 0.790. The molecule has 2 aromatic rings. The number of rotatable bonds is 3. The molecular formula is C15H16N2OS. The van der Waals surface area contributed by atoms with Crippen molar-refractivity contribution in [1.82, 2.24) is 4.57 Å². The van der Waals surface area contributed by atoms with Gasteiger partial charge in [0, 0.05) is 23.2 Å². The second-order valence-corrected chi connectivity index (χ2v) is 5.32. The van der Waals surface area contributed by atoms with Gasteiger partial charge in [0.25, 0.3) is 5.91 Å². The number of hydrogen-bond donors (Lipinski definition) is 0. The minimum Gasteiger partial charge on any atom is -0.269 e. The van der Waals surface area contributed by atoms with Crippen molar-refractivity contribution in [2.45, 2.75) is 19.9 Å². The molecule has 0 saturated heterocycles. The van der Waals surface area contributed by atoms with Crippen LogP contribution < -0.4 is 5.49 Å². The van der Waals surface area contributed by atoms with E-state index in [9.17, 15) is 4.79 Å². The highest BCUT2D eigenvalue weighted by Crippen LogP contribution is 2.10. The number of thiophene rings is 1. The summed E-state index contributed by atoms with van der Waals surface area (Å²) in [6.07, 6.45) is 5.14. The number of carbonyl (C=O) groups excluding carboxylic acids is 1. The fourth-order valence-electron chi connectivity index (χ4n) is 1.61. The third-order valence-corrected chi connectivity index (χ3v) is 3.24. The van der Waals surface area contributed by atoms with Gasteiger partial charge in [-0.25, -0.2) is 0 Å². The van der Waals surface area contributed by atoms with E-state index in [0.717, 1.165) is 4.88 Å². The molecule has 4 heteroatoms. The Morgan fingerprint density at radius 3 is 2.84 bits per heavy atom. The van der Waals surface area contributed by atoms with Crippen molar-refractivity contribution < 1.29 is 4.79 Å². The van der Waals surface area contributed by atoms with E-state index in [1.807, 2.05) is 55.6 Å². The molecule has 3 nitrogen and oxygen atoms in total. The standard InChI is InChI=1S/C15H16N2OS/c1-12(2)16-14-7-3-4-10-17(14)15(18)9-8-13-6-5-11-19-13/h3-12H,1-2H3/b9-8+,16-14?. The average Bonchev–Trinajstić information content (AvgIpc) is 2.89. The van der Waals surface area contributed by atoms with E-state index >= 15 is 0 Å². The van der Waals surface area contributed by atoms with Crippen molar-refractivity contribution >= 4 is 23.3 Å². The maximum absolute atomic E-state index is 12.2. The first kappa shape index (κ1) is 13.5. The van der Waals surface area contributed by atoms with Crippen molar-refractivity contribution in [3.8, 4) is 0 Å². The minimum atomic E-state index is -0.0894. The Kier molecular flexibility index (Phi) is 4.47. The van der Waals surface area contributed by atoms with Gasteiger partial charge in [0.15, 0.2) is 0 Å². The minimum absolute atomic E-state index is 0.0894. The molecule has 0 saturated carbocycles. The van der Waals surface area contributed by atoms with Gasteiger partial charge in [-0.1, -0.05) is 12.1 Å². The Labute approximate surface area is 116 Å². The van der Waals surface area contributed by atoms with Gasteiger partial charge in [0.2, 0.25) is 0 Å². The fraction of sp³-hybridized carbons (Fsp3) is 0.200. The van der Waals surface area contributed by atoms with Gasteiger partial charge in [-0.05, 0) is 43.5 Å². The lowest BCUT2D eigenvalue weighted by molar-refractivity contribution is 0.0964. The molecule has 0 aromatic carbocycles. The summed E-state index contributed by atoms with van der Waals surface area (Å²) in [7, 11) is 0. The fourth-order valence-corrected chi connectivity index (χ4v) is 2.23. The summed E-state index contributed by atoms with van der Waals surface area (Å²) in [4.78, 5) is 17.7. The van der Waals surface area contributed by atoms with E-state index in [0.29, 0.717) is 5.49 Å². The Morgan fingerprint density at radius 1 is 1.32 bits per heavy atom. The molecule has 2 aromatic heterocycles. The van der Waals surface area contributed by atoms with Crippen LogP contribution in [0.5, 0.6) is 0 Å². The lowest BCUT2D eigenvalue weighted by Gasteiger charge is -2.03. The third-order valence-electron chi connectivity index (χ3n) is 2.40. The highest BCUT2D eigenvalue weighted by Gasteiger charge is 2.01. The largest absolute Gasteiger partial charge is 0.269 e. The van der Waals surface area contributed by atoms with Crippen molar-refractivity contribution in [2.24, 2.45) is 4.99 Å². The molecule has 0 fully saturated rings. The number of allylic oxidation sites excluding steroid dienone is 1. The number of aromatic nitrogens is 1. The average molecular weight is 272 g/mol. The molecule has 0 bridgehead atoms. The maximum Gasteiger partial charge on any atom is 0.256 e. The van der Waals surface area contributed by atoms with Crippen molar-refractivity contribution in [2.75, 3.05) is 0 Å². The summed E-state index contributed by atoms with van der Waals surface area (Å²) < 4.78 is 1.56. The summed E-state index contributed by atoms with van der Waals surface area (Å²) in [5.74, 6) is -0.0894. The lowest BCUT2D eigenvalue weighted by Crippen LogP contribution is -2.26. The summed E-state index contributed by atoms with van der Waals surface area (Å²) in [6, 6.07) is 9.65. The van der Waals surface area contributed by atoms with Crippen LogP contribution in [0.25, 0.3) is 6.08 Å². The van der Waals surface area contributed by atoms with Crippen molar-refractivity contribution in [3.63, 3.8) is 0 Å². The predicted molar refractivity (Wildman–Crippen MR) is 79.1 cm³/mol. The van der Waals surface area contributed by atoms with Crippen LogP contribution in [-0.2, 0) is 0 Å². The topological polar surface area (TPSA) is 34.4 Å². The van der Waals surface area contributed by atoms with Crippen LogP contribution in [0.1, 0.15) is 23.5 Å². The van der Waals surface area contributed by atoms with Crippen LogP contribution in [0.4, 0.5) is 0 Å². The summed E-state index contributed by atoms with van der Waals surface area (Å²) >= 11 is 1.60. The van der Waals surface area contributed by atoms with E-state index in [1.54, 1.807) is 28.2 Å². The monoisotopic (exact) mass is 272 g/mol. The number of carbonyl (C=O) groups is 1. The van der Waals surface area contributed by atoms with E-state index in [1.165, 1.54) is 0 Å². The molecule has 0 unspecified atom stereocenters. The molecule has 0 N–H and O–H groups in total. The molecule has 19 heavy (non-hydrogen) atoms. The number of hydrogen-bond acceptors (Lipinski definition) is 3. The number of pyridine rings is 1. The van der Waals surface area contributed by atoms with Gasteiger partial charge >= 0.3 is 0 Å². The van der Waals surface area contributed by atoms with Crippen LogP contribution >= 0.6 is 11.3 Å². The highest BCUT2D eigenvalue weighted by atomic mass is 32.1. The zero-order chi connectivity index (χ0) is 13.7. The highest BCUT2D eigenvalue weighted by molar-refractivity contribution is 7.10. The molecule has 2 heterocycles. The Morgan fingerprint density at radius 2 is 2.16 bits per heavy atom. The first-order valence-corrected chi connectivity index (χ1v) is 7.02. The SMILES string of the molecule is CC(C)N=c1ccccn1C(=O)/C=C/c1cccs1. The number of nitrogens with zero attached hydrogens (tertiary/aromatic N) is 2. The Bertz CT molecular complexity index is 636. The molecular weight excluding hydrogens is 256 g/mol. The van der Waals surface area contributed by atoms with E-state index in [-0.39, 0.29) is 11.9 Å². The third kappa shape index (κ3) is 3.76. The van der Waals surface area contributed by atoms with Gasteiger partial charge in [0.1, 0.15) is 5.49 Å². The summed E-state index contributed by atoms with van der Waals surface area (Å²) in [5, 5.41) is 1.99. The van der Waals surface area contributed by atoms with Crippen LogP contribution in [0.3, 0.4) is 0 Å². The van der Waals surface area contributed by atoms with Crippen LogP contribution in [0.15, 0.2) is 53.0 Å². The molecule has 0 aliphatic carbocycles. The van der Waals surface area contributed by atoms with Crippen LogP contribution in [-0.4, -0.2) is 16.5 Å². The normalized spacial score (nSPS) is 12.5. The van der Waals surface area contributed by atoms with Gasteiger partial charge in [-0.15, -0.1) is 11.3 Å². The van der Waals surface area contributed by atoms with E-state index in [2.05, 4.69) is 4.99 Å². The van der Waals surface area contributed by atoms with Gasteiger partial charge < -0.3 is 0 Å². The van der Waals surface area contributed by atoms with Gasteiger partial charge in [-0.3, -0.25) is 14.4 Å². The van der Waals surface area contributed by atoms with Crippen molar-refractivity contribution in [3.05, 3.63) is 58.3 Å². The molecule has 0 radical (unpaired) electrons. The molecule has 0 atom stereocenters. The summed E-state index contributed by atoms with van der Waals surface area (Å²) in [5.41, 5.74) is 0.679. The zero-order valence-corrected chi connectivity index (χ0v) is 11.8. The van der Waals surface area contributed by atoms with Crippen LogP contribution in [0.2, 0.25) is 0 Å². The van der Waals surface area contributed by atoms with E-state index < -0.39 is 0 Å². The molecule has 0 aliphatic heterocycles. The Hall–Kier alpha value is -1.94. The van der Waals surface area contributed by atoms with Gasteiger partial charge in [0.05, 0.1) is 0 Å².